The van der Waals surface area contributed by atoms with Crippen molar-refractivity contribution in [3.63, 3.8) is 0 Å². The van der Waals surface area contributed by atoms with Crippen molar-refractivity contribution >= 4 is 29.3 Å². The Hall–Kier alpha value is -4.65. The molecule has 0 unspecified atom stereocenters. The van der Waals surface area contributed by atoms with E-state index in [2.05, 4.69) is 20.5 Å². The predicted molar refractivity (Wildman–Crippen MR) is 153 cm³/mol. The Bertz CT molecular complexity index is 1550. The molecule has 0 radical (unpaired) electrons. The number of benzene rings is 2. The molecule has 0 aliphatic carbocycles. The maximum atomic E-state index is 12.9. The largest absolute Gasteiger partial charge is 0.470 e. The first-order valence-electron chi connectivity index (χ1n) is 13.5. The topological polar surface area (TPSA) is 116 Å². The molecule has 0 bridgehead atoms. The van der Waals surface area contributed by atoms with Crippen molar-refractivity contribution in [3.8, 4) is 11.6 Å². The monoisotopic (exact) mass is 611 g/mol. The number of ether oxygens (including phenoxy) is 2. The van der Waals surface area contributed by atoms with Crippen molar-refractivity contribution in [2.24, 2.45) is 0 Å². The highest BCUT2D eigenvalue weighted by Crippen LogP contribution is 2.23. The Morgan fingerprint density at radius 2 is 1.77 bits per heavy atom. The number of hydrogen-bond acceptors (Lipinski definition) is 9. The minimum absolute atomic E-state index is 0.00593. The van der Waals surface area contributed by atoms with Gasteiger partial charge in [0, 0.05) is 31.3 Å². The van der Waals surface area contributed by atoms with Gasteiger partial charge in [-0.2, -0.15) is 0 Å². The first-order valence-corrected chi connectivity index (χ1v) is 13.8. The van der Waals surface area contributed by atoms with Crippen LogP contribution in [-0.2, 0) is 22.6 Å². The van der Waals surface area contributed by atoms with E-state index in [0.717, 1.165) is 18.4 Å². The number of carbonyl (C=O) groups excluding carboxylic acids is 2. The van der Waals surface area contributed by atoms with Crippen molar-refractivity contribution in [2.75, 3.05) is 38.2 Å². The van der Waals surface area contributed by atoms with E-state index in [-0.39, 0.29) is 41.6 Å². The van der Waals surface area contributed by atoms with Crippen LogP contribution in [0, 0.1) is 0 Å². The fourth-order valence-corrected chi connectivity index (χ4v) is 4.78. The maximum absolute atomic E-state index is 12.9. The Balaban J connectivity index is 1.10. The smallest absolute Gasteiger partial charge is 0.337 e. The van der Waals surface area contributed by atoms with E-state index in [1.165, 1.54) is 36.1 Å². The molecule has 1 aliphatic heterocycles. The Morgan fingerprint density at radius 3 is 2.42 bits per heavy atom. The summed E-state index contributed by atoms with van der Waals surface area (Å²) in [5, 5.41) is 16.3. The molecule has 4 aromatic rings. The molecule has 11 nitrogen and oxygen atoms in total. The average Bonchev–Trinajstić information content (AvgIpc) is 3.40. The second kappa shape index (κ2) is 13.6. The molecule has 3 heterocycles. The molecule has 1 amide bonds. The van der Waals surface area contributed by atoms with Crippen molar-refractivity contribution in [2.45, 2.75) is 25.9 Å². The van der Waals surface area contributed by atoms with Crippen molar-refractivity contribution in [3.05, 3.63) is 88.2 Å². The van der Waals surface area contributed by atoms with E-state index in [0.29, 0.717) is 42.4 Å². The molecule has 0 spiro atoms. The van der Waals surface area contributed by atoms with E-state index >= 15 is 0 Å². The van der Waals surface area contributed by atoms with Crippen LogP contribution >= 0.6 is 11.6 Å². The van der Waals surface area contributed by atoms with Gasteiger partial charge in [0.1, 0.15) is 12.3 Å². The lowest BCUT2D eigenvalue weighted by atomic mass is 10.1. The van der Waals surface area contributed by atoms with Crippen LogP contribution in [0.25, 0.3) is 5.69 Å². The fraction of sp³-hybridized carbons (Fsp3) is 0.310. The molecule has 1 aliphatic rings. The molecule has 1 fully saturated rings. The van der Waals surface area contributed by atoms with Crippen LogP contribution in [0.15, 0.2) is 60.7 Å². The standard InChI is InChI=1S/C29H28ClF2N7O4/c1-42-29(41)21-6-4-19(5-7-21)3-2-14-37-15-16-38(17-26(37)40)24-12-13-25(34-33-24)43-18-23-27(30)35-36-39(23)22-10-8-20(9-11-22)28(31)32/h4-13,28H,2-3,14-18H2,1H3. The number of methoxy groups -OCH3 is 1. The Kier molecular flexibility index (Phi) is 9.40. The molecular weight excluding hydrogens is 584 g/mol. The molecule has 1 saturated heterocycles. The third kappa shape index (κ3) is 7.23. The van der Waals surface area contributed by atoms with Gasteiger partial charge in [-0.15, -0.1) is 15.3 Å². The van der Waals surface area contributed by atoms with Crippen molar-refractivity contribution in [1.29, 1.82) is 0 Å². The van der Waals surface area contributed by atoms with Gasteiger partial charge in [0.15, 0.2) is 11.0 Å². The number of aromatic nitrogens is 5. The lowest BCUT2D eigenvalue weighted by molar-refractivity contribution is -0.131. The van der Waals surface area contributed by atoms with Crippen molar-refractivity contribution < 1.29 is 27.8 Å². The van der Waals surface area contributed by atoms with Gasteiger partial charge < -0.3 is 19.3 Å². The second-order valence-corrected chi connectivity index (χ2v) is 10.1. The minimum Gasteiger partial charge on any atom is -0.470 e. The molecule has 0 N–H and O–H groups in total. The summed E-state index contributed by atoms with van der Waals surface area (Å²) in [4.78, 5) is 28.1. The number of alkyl halides is 2. The van der Waals surface area contributed by atoms with Gasteiger partial charge in [-0.05, 0) is 48.7 Å². The van der Waals surface area contributed by atoms with E-state index in [1.807, 2.05) is 21.9 Å². The predicted octanol–water partition coefficient (Wildman–Crippen LogP) is 4.30. The van der Waals surface area contributed by atoms with Gasteiger partial charge >= 0.3 is 5.97 Å². The maximum Gasteiger partial charge on any atom is 0.337 e. The number of piperazine rings is 1. The second-order valence-electron chi connectivity index (χ2n) is 9.74. The fourth-order valence-electron chi connectivity index (χ4n) is 4.61. The van der Waals surface area contributed by atoms with Crippen LogP contribution < -0.4 is 9.64 Å². The summed E-state index contributed by atoms with van der Waals surface area (Å²) in [5.74, 6) is 0.416. The van der Waals surface area contributed by atoms with Crippen LogP contribution in [0.3, 0.4) is 0 Å². The van der Waals surface area contributed by atoms with Crippen LogP contribution in [0.2, 0.25) is 5.15 Å². The highest BCUT2D eigenvalue weighted by Gasteiger charge is 2.25. The number of aryl methyl sites for hydroxylation is 1. The molecule has 2 aromatic carbocycles. The summed E-state index contributed by atoms with van der Waals surface area (Å²) in [6.45, 7) is 1.96. The summed E-state index contributed by atoms with van der Waals surface area (Å²) in [6.07, 6.45) is -0.986. The van der Waals surface area contributed by atoms with Gasteiger partial charge in [-0.3, -0.25) is 4.79 Å². The van der Waals surface area contributed by atoms with E-state index in [9.17, 15) is 18.4 Å². The van der Waals surface area contributed by atoms with Crippen molar-refractivity contribution in [1.82, 2.24) is 30.1 Å². The van der Waals surface area contributed by atoms with Gasteiger partial charge in [0.2, 0.25) is 11.8 Å². The zero-order valence-electron chi connectivity index (χ0n) is 23.2. The lowest BCUT2D eigenvalue weighted by Crippen LogP contribution is -2.51. The molecule has 0 saturated carbocycles. The highest BCUT2D eigenvalue weighted by molar-refractivity contribution is 6.30. The number of halogens is 3. The zero-order valence-corrected chi connectivity index (χ0v) is 24.0. The molecule has 5 rings (SSSR count). The number of amides is 1. The molecule has 43 heavy (non-hydrogen) atoms. The zero-order chi connectivity index (χ0) is 30.3. The quantitative estimate of drug-likeness (QED) is 0.229. The highest BCUT2D eigenvalue weighted by atomic mass is 35.5. The van der Waals surface area contributed by atoms with E-state index < -0.39 is 6.43 Å². The van der Waals surface area contributed by atoms with Crippen LogP contribution in [0.5, 0.6) is 5.88 Å². The first kappa shape index (κ1) is 29.8. The number of anilines is 1. The number of rotatable bonds is 11. The summed E-state index contributed by atoms with van der Waals surface area (Å²) in [7, 11) is 1.35. The van der Waals surface area contributed by atoms with Gasteiger partial charge in [0.05, 0.1) is 24.9 Å². The third-order valence-electron chi connectivity index (χ3n) is 7.00. The number of hydrogen-bond donors (Lipinski definition) is 0. The molecule has 14 heteroatoms. The molecular formula is C29H28ClF2N7O4. The molecule has 0 atom stereocenters. The van der Waals surface area contributed by atoms with E-state index in [4.69, 9.17) is 21.1 Å². The van der Waals surface area contributed by atoms with Crippen LogP contribution in [-0.4, -0.2) is 75.3 Å². The summed E-state index contributed by atoms with van der Waals surface area (Å²) in [6, 6.07) is 16.3. The van der Waals surface area contributed by atoms with Crippen LogP contribution in [0.1, 0.15) is 40.0 Å². The Labute approximate surface area is 251 Å². The lowest BCUT2D eigenvalue weighted by Gasteiger charge is -2.34. The summed E-state index contributed by atoms with van der Waals surface area (Å²) >= 11 is 6.19. The van der Waals surface area contributed by atoms with Gasteiger partial charge in [0.25, 0.3) is 6.43 Å². The minimum atomic E-state index is -2.57. The summed E-state index contributed by atoms with van der Waals surface area (Å²) in [5.41, 5.74) is 2.40. The van der Waals surface area contributed by atoms with Crippen LogP contribution in [0.4, 0.5) is 14.6 Å². The number of nitrogens with zero attached hydrogens (tertiary/aromatic N) is 7. The Morgan fingerprint density at radius 1 is 1.00 bits per heavy atom. The average molecular weight is 612 g/mol. The van der Waals surface area contributed by atoms with Gasteiger partial charge in [-0.25, -0.2) is 18.3 Å². The molecule has 224 valence electrons. The summed E-state index contributed by atoms with van der Waals surface area (Å²) < 4.78 is 37.7. The number of carbonyl (C=O) groups is 2. The normalized spacial score (nSPS) is 13.5. The van der Waals surface area contributed by atoms with E-state index in [1.54, 1.807) is 24.3 Å². The molecule has 2 aromatic heterocycles. The van der Waals surface area contributed by atoms with Gasteiger partial charge in [-0.1, -0.05) is 41.1 Å². The third-order valence-corrected chi connectivity index (χ3v) is 7.29. The number of esters is 1. The first-order chi connectivity index (χ1) is 20.8. The SMILES string of the molecule is COC(=O)c1ccc(CCCN2CCN(c3ccc(OCc4c(Cl)nnn4-c4ccc(C(F)F)cc4)nn3)CC2=O)cc1.